The summed E-state index contributed by atoms with van der Waals surface area (Å²) in [6.07, 6.45) is 8.27. The van der Waals surface area contributed by atoms with Crippen molar-refractivity contribution in [2.75, 3.05) is 39.0 Å². The van der Waals surface area contributed by atoms with Gasteiger partial charge in [0.15, 0.2) is 0 Å². The summed E-state index contributed by atoms with van der Waals surface area (Å²) < 4.78 is 8.31. The molecule has 1 saturated heterocycles. The lowest BCUT2D eigenvalue weighted by Crippen LogP contribution is -2.56. The summed E-state index contributed by atoms with van der Waals surface area (Å²) in [4.78, 5) is 13.9. The molecule has 198 valence electrons. The number of benzene rings is 2. The molecule has 1 saturated carbocycles. The van der Waals surface area contributed by atoms with Crippen LogP contribution in [0, 0.1) is 0 Å². The Balaban J connectivity index is 1.22. The first kappa shape index (κ1) is 24.9. The van der Waals surface area contributed by atoms with Crippen molar-refractivity contribution in [3.8, 4) is 22.6 Å². The van der Waals surface area contributed by atoms with Gasteiger partial charge in [-0.05, 0) is 62.6 Å². The molecular formula is C30H36N6O2. The van der Waals surface area contributed by atoms with Gasteiger partial charge in [0.25, 0.3) is 0 Å². The first-order valence-electron chi connectivity index (χ1n) is 13.6. The van der Waals surface area contributed by atoms with Gasteiger partial charge >= 0.3 is 0 Å². The number of aliphatic hydroxyl groups excluding tert-OH is 1. The van der Waals surface area contributed by atoms with Crippen molar-refractivity contribution in [3.05, 3.63) is 67.1 Å². The molecule has 1 unspecified atom stereocenters. The molecule has 1 aliphatic heterocycles. The zero-order valence-corrected chi connectivity index (χ0v) is 21.9. The van der Waals surface area contributed by atoms with E-state index in [1.807, 2.05) is 42.5 Å². The van der Waals surface area contributed by atoms with Crippen LogP contribution in [0.2, 0.25) is 0 Å². The number of rotatable bonds is 6. The summed E-state index contributed by atoms with van der Waals surface area (Å²) in [5.74, 6) is 2.11. The number of ether oxygens (including phenoxy) is 1. The molecule has 0 spiro atoms. The monoisotopic (exact) mass is 512 g/mol. The Morgan fingerprint density at radius 2 is 1.63 bits per heavy atom. The Kier molecular flexibility index (Phi) is 7.02. The number of hydrogen-bond donors (Lipinski definition) is 2. The molecule has 8 heteroatoms. The Morgan fingerprint density at radius 3 is 2.37 bits per heavy atom. The molecule has 4 aromatic rings. The number of likely N-dealkylation sites (N-methyl/N-ethyl adjacent to an activating group) is 1. The SMILES string of the molecule is CN1CCN(C2CCC(n3cc(-c4ccc(Oc5ccccc5)cc4)c4c(N)ncnc43)CC2)CC1CO. The fraction of sp³-hybridized carbons (Fsp3) is 0.400. The van der Waals surface area contributed by atoms with Crippen molar-refractivity contribution < 1.29 is 9.84 Å². The second-order valence-corrected chi connectivity index (χ2v) is 10.6. The van der Waals surface area contributed by atoms with Crippen LogP contribution in [0.1, 0.15) is 31.7 Å². The first-order chi connectivity index (χ1) is 18.6. The molecule has 2 aliphatic rings. The largest absolute Gasteiger partial charge is 0.457 e. The number of nitrogens with two attached hydrogens (primary N) is 1. The molecule has 1 atom stereocenters. The molecule has 2 aromatic carbocycles. The molecule has 2 fully saturated rings. The number of fused-ring (bicyclic) bond motifs is 1. The topological polar surface area (TPSA) is 92.7 Å². The third kappa shape index (κ3) is 4.87. The minimum absolute atomic E-state index is 0.223. The van der Waals surface area contributed by atoms with Gasteiger partial charge in [0.2, 0.25) is 0 Å². The molecule has 3 heterocycles. The standard InChI is InChI=1S/C30H36N6O2/c1-34-15-16-35(17-24(34)19-37)22-9-11-23(12-10-22)36-18-27(28-29(31)32-20-33-30(28)36)21-7-13-26(14-8-21)38-25-5-3-2-4-6-25/h2-8,13-14,18,20,22-24,37H,9-12,15-17,19H2,1H3,(H2,31,32,33). The second kappa shape index (κ2) is 10.7. The van der Waals surface area contributed by atoms with E-state index in [0.29, 0.717) is 17.9 Å². The summed E-state index contributed by atoms with van der Waals surface area (Å²) in [6, 6.07) is 19.1. The van der Waals surface area contributed by atoms with E-state index >= 15 is 0 Å². The zero-order chi connectivity index (χ0) is 26.1. The Labute approximate surface area is 223 Å². The predicted molar refractivity (Wildman–Crippen MR) is 150 cm³/mol. The number of para-hydroxylation sites is 1. The van der Waals surface area contributed by atoms with Gasteiger partial charge in [-0.3, -0.25) is 9.80 Å². The third-order valence-electron chi connectivity index (χ3n) is 8.38. The molecular weight excluding hydrogens is 476 g/mol. The number of anilines is 1. The van der Waals surface area contributed by atoms with Crippen LogP contribution in [0.15, 0.2) is 67.1 Å². The van der Waals surface area contributed by atoms with Crippen LogP contribution in [0.25, 0.3) is 22.2 Å². The molecule has 2 aromatic heterocycles. The van der Waals surface area contributed by atoms with Crippen LogP contribution in [0.3, 0.4) is 0 Å². The van der Waals surface area contributed by atoms with Gasteiger partial charge in [0.1, 0.15) is 29.3 Å². The van der Waals surface area contributed by atoms with Crippen LogP contribution in [0.4, 0.5) is 5.82 Å². The first-order valence-corrected chi connectivity index (χ1v) is 13.6. The summed E-state index contributed by atoms with van der Waals surface area (Å²) in [7, 11) is 2.11. The highest BCUT2D eigenvalue weighted by Crippen LogP contribution is 2.39. The minimum Gasteiger partial charge on any atom is -0.457 e. The second-order valence-electron chi connectivity index (χ2n) is 10.6. The van der Waals surface area contributed by atoms with E-state index in [9.17, 15) is 5.11 Å². The number of nitrogen functional groups attached to an aromatic ring is 1. The van der Waals surface area contributed by atoms with Crippen LogP contribution >= 0.6 is 0 Å². The normalized spacial score (nSPS) is 23.1. The quantitative estimate of drug-likeness (QED) is 0.391. The average Bonchev–Trinajstić information content (AvgIpc) is 3.35. The van der Waals surface area contributed by atoms with Crippen LogP contribution in [-0.4, -0.2) is 74.8 Å². The molecule has 3 N–H and O–H groups in total. The lowest BCUT2D eigenvalue weighted by molar-refractivity contribution is 0.0226. The summed E-state index contributed by atoms with van der Waals surface area (Å²) >= 11 is 0. The van der Waals surface area contributed by atoms with Gasteiger partial charge in [0, 0.05) is 49.5 Å². The van der Waals surface area contributed by atoms with E-state index < -0.39 is 0 Å². The predicted octanol–water partition coefficient (Wildman–Crippen LogP) is 4.56. The van der Waals surface area contributed by atoms with Crippen LogP contribution in [0.5, 0.6) is 11.5 Å². The number of hydrogen-bond acceptors (Lipinski definition) is 7. The highest BCUT2D eigenvalue weighted by Gasteiger charge is 2.32. The highest BCUT2D eigenvalue weighted by molar-refractivity contribution is 6.00. The average molecular weight is 513 g/mol. The Morgan fingerprint density at radius 1 is 0.921 bits per heavy atom. The molecule has 38 heavy (non-hydrogen) atoms. The van der Waals surface area contributed by atoms with Gasteiger partial charge in [-0.1, -0.05) is 30.3 Å². The van der Waals surface area contributed by atoms with Gasteiger partial charge in [-0.15, -0.1) is 0 Å². The number of aromatic nitrogens is 3. The van der Waals surface area contributed by atoms with E-state index in [2.05, 4.69) is 49.7 Å². The Bertz CT molecular complexity index is 1370. The van der Waals surface area contributed by atoms with Crippen LogP contribution in [-0.2, 0) is 0 Å². The summed E-state index contributed by atoms with van der Waals surface area (Å²) in [5.41, 5.74) is 9.43. The number of aliphatic hydroxyl groups is 1. The van der Waals surface area contributed by atoms with Gasteiger partial charge < -0.3 is 20.1 Å². The zero-order valence-electron chi connectivity index (χ0n) is 21.9. The van der Waals surface area contributed by atoms with E-state index in [-0.39, 0.29) is 12.6 Å². The molecule has 6 rings (SSSR count). The maximum Gasteiger partial charge on any atom is 0.146 e. The molecule has 0 amide bonds. The third-order valence-corrected chi connectivity index (χ3v) is 8.38. The van der Waals surface area contributed by atoms with Gasteiger partial charge in [-0.2, -0.15) is 0 Å². The maximum atomic E-state index is 9.77. The smallest absolute Gasteiger partial charge is 0.146 e. The van der Waals surface area contributed by atoms with Crippen molar-refractivity contribution >= 4 is 16.9 Å². The summed E-state index contributed by atoms with van der Waals surface area (Å²) in [6.45, 7) is 3.27. The fourth-order valence-electron chi connectivity index (χ4n) is 6.13. The molecule has 0 radical (unpaired) electrons. The lowest BCUT2D eigenvalue weighted by atomic mass is 9.89. The summed E-state index contributed by atoms with van der Waals surface area (Å²) in [5, 5.41) is 10.7. The Hall–Kier alpha value is -3.46. The highest BCUT2D eigenvalue weighted by atomic mass is 16.5. The van der Waals surface area contributed by atoms with Crippen molar-refractivity contribution in [1.82, 2.24) is 24.3 Å². The van der Waals surface area contributed by atoms with Crippen molar-refractivity contribution in [2.24, 2.45) is 0 Å². The van der Waals surface area contributed by atoms with Crippen LogP contribution < -0.4 is 10.5 Å². The fourth-order valence-corrected chi connectivity index (χ4v) is 6.13. The maximum absolute atomic E-state index is 9.77. The molecule has 0 bridgehead atoms. The van der Waals surface area contributed by atoms with E-state index in [1.165, 1.54) is 0 Å². The van der Waals surface area contributed by atoms with E-state index in [4.69, 9.17) is 10.5 Å². The lowest BCUT2D eigenvalue weighted by Gasteiger charge is -2.44. The number of nitrogens with zero attached hydrogens (tertiary/aromatic N) is 5. The van der Waals surface area contributed by atoms with E-state index in [0.717, 1.165) is 79.0 Å². The van der Waals surface area contributed by atoms with Crippen molar-refractivity contribution in [3.63, 3.8) is 0 Å². The van der Waals surface area contributed by atoms with Gasteiger partial charge in [0.05, 0.1) is 12.0 Å². The van der Waals surface area contributed by atoms with Crippen molar-refractivity contribution in [2.45, 2.75) is 43.8 Å². The van der Waals surface area contributed by atoms with Gasteiger partial charge in [-0.25, -0.2) is 9.97 Å². The minimum atomic E-state index is 0.223. The number of piperazine rings is 1. The van der Waals surface area contributed by atoms with E-state index in [1.54, 1.807) is 6.33 Å². The molecule has 8 nitrogen and oxygen atoms in total. The molecule has 1 aliphatic carbocycles. The van der Waals surface area contributed by atoms with Crippen molar-refractivity contribution in [1.29, 1.82) is 0 Å².